The van der Waals surface area contributed by atoms with Crippen molar-refractivity contribution in [2.24, 2.45) is 0 Å². The highest BCUT2D eigenvalue weighted by molar-refractivity contribution is 5.84. The number of rotatable bonds is 4. The lowest BCUT2D eigenvalue weighted by molar-refractivity contribution is 0.0689. The van der Waals surface area contributed by atoms with E-state index in [4.69, 9.17) is 9.84 Å². The van der Waals surface area contributed by atoms with Crippen LogP contribution in [0.5, 0.6) is 11.6 Å². The fourth-order valence-corrected chi connectivity index (χ4v) is 1.53. The molecular formula is C14H14N2O3. The van der Waals surface area contributed by atoms with Crippen LogP contribution in [0.25, 0.3) is 0 Å². The second-order valence-corrected chi connectivity index (χ2v) is 4.39. The van der Waals surface area contributed by atoms with Crippen LogP contribution in [-0.4, -0.2) is 21.3 Å². The number of benzene rings is 1. The van der Waals surface area contributed by atoms with Crippen molar-refractivity contribution in [2.75, 3.05) is 0 Å². The lowest BCUT2D eigenvalue weighted by Gasteiger charge is -2.07. The molecule has 0 saturated heterocycles. The summed E-state index contributed by atoms with van der Waals surface area (Å²) in [5, 5.41) is 15.9. The number of nitrogens with zero attached hydrogens (tertiary/aromatic N) is 2. The molecule has 1 aromatic carbocycles. The number of carbonyl (C=O) groups is 1. The van der Waals surface area contributed by atoms with Gasteiger partial charge in [0.2, 0.25) is 5.88 Å². The van der Waals surface area contributed by atoms with Crippen LogP contribution in [0, 0.1) is 0 Å². The summed E-state index contributed by atoms with van der Waals surface area (Å²) in [7, 11) is 0. The maximum atomic E-state index is 10.6. The van der Waals surface area contributed by atoms with E-state index >= 15 is 0 Å². The van der Waals surface area contributed by atoms with E-state index in [2.05, 4.69) is 24.0 Å². The molecule has 2 rings (SSSR count). The average Bonchev–Trinajstić information content (AvgIpc) is 2.40. The third kappa shape index (κ3) is 3.28. The van der Waals surface area contributed by atoms with Gasteiger partial charge in [-0.1, -0.05) is 26.0 Å². The molecule has 0 aliphatic carbocycles. The Morgan fingerprint density at radius 2 is 1.79 bits per heavy atom. The summed E-state index contributed by atoms with van der Waals surface area (Å²) in [5.74, 6) is 0.258. The van der Waals surface area contributed by atoms with Gasteiger partial charge in [0.15, 0.2) is 5.69 Å². The third-order valence-electron chi connectivity index (χ3n) is 2.63. The van der Waals surface area contributed by atoms with Crippen molar-refractivity contribution in [1.82, 2.24) is 10.2 Å². The van der Waals surface area contributed by atoms with Gasteiger partial charge >= 0.3 is 5.97 Å². The molecule has 2 aromatic rings. The van der Waals surface area contributed by atoms with Gasteiger partial charge in [-0.05, 0) is 29.7 Å². The van der Waals surface area contributed by atoms with Crippen LogP contribution < -0.4 is 4.74 Å². The number of ether oxygens (including phenoxy) is 1. The van der Waals surface area contributed by atoms with Crippen molar-refractivity contribution in [1.29, 1.82) is 0 Å². The summed E-state index contributed by atoms with van der Waals surface area (Å²) in [6.07, 6.45) is 0. The lowest BCUT2D eigenvalue weighted by Crippen LogP contribution is -2.02. The molecule has 0 spiro atoms. The Morgan fingerprint density at radius 1 is 1.11 bits per heavy atom. The molecule has 1 aromatic heterocycles. The molecular weight excluding hydrogens is 244 g/mol. The maximum Gasteiger partial charge on any atom is 0.356 e. The second kappa shape index (κ2) is 5.48. The van der Waals surface area contributed by atoms with E-state index in [1.54, 1.807) is 0 Å². The molecule has 0 amide bonds. The first-order valence-corrected chi connectivity index (χ1v) is 5.91. The molecule has 0 radical (unpaired) electrons. The van der Waals surface area contributed by atoms with E-state index in [1.807, 2.05) is 24.3 Å². The first-order valence-electron chi connectivity index (χ1n) is 5.91. The Labute approximate surface area is 110 Å². The predicted molar refractivity (Wildman–Crippen MR) is 69.6 cm³/mol. The summed E-state index contributed by atoms with van der Waals surface area (Å²) < 4.78 is 5.48. The summed E-state index contributed by atoms with van der Waals surface area (Å²) >= 11 is 0. The van der Waals surface area contributed by atoms with Gasteiger partial charge in [-0.2, -0.15) is 0 Å². The Morgan fingerprint density at radius 3 is 2.26 bits per heavy atom. The topological polar surface area (TPSA) is 72.3 Å². The zero-order chi connectivity index (χ0) is 13.8. The minimum Gasteiger partial charge on any atom is -0.476 e. The van der Waals surface area contributed by atoms with Crippen LogP contribution in [0.15, 0.2) is 36.4 Å². The normalized spacial score (nSPS) is 10.5. The van der Waals surface area contributed by atoms with Crippen LogP contribution in [0.1, 0.15) is 35.8 Å². The Bertz CT molecular complexity index is 562. The number of carboxylic acid groups (broad SMARTS) is 1. The molecule has 0 fully saturated rings. The van der Waals surface area contributed by atoms with E-state index in [0.29, 0.717) is 11.7 Å². The molecule has 19 heavy (non-hydrogen) atoms. The smallest absolute Gasteiger partial charge is 0.356 e. The highest BCUT2D eigenvalue weighted by Gasteiger charge is 2.06. The summed E-state index contributed by atoms with van der Waals surface area (Å²) in [6, 6.07) is 10.5. The number of hydrogen-bond acceptors (Lipinski definition) is 4. The van der Waals surface area contributed by atoms with Crippen molar-refractivity contribution in [3.63, 3.8) is 0 Å². The minimum atomic E-state index is -1.11. The Hall–Kier alpha value is -2.43. The van der Waals surface area contributed by atoms with E-state index in [1.165, 1.54) is 17.7 Å². The fourth-order valence-electron chi connectivity index (χ4n) is 1.53. The zero-order valence-corrected chi connectivity index (χ0v) is 10.7. The monoisotopic (exact) mass is 258 g/mol. The first-order chi connectivity index (χ1) is 9.06. The average molecular weight is 258 g/mol. The SMILES string of the molecule is CC(C)c1ccc(Oc2ccc(C(=O)O)nn2)cc1. The number of aromatic nitrogens is 2. The van der Waals surface area contributed by atoms with Crippen molar-refractivity contribution >= 4 is 5.97 Å². The zero-order valence-electron chi connectivity index (χ0n) is 10.7. The highest BCUT2D eigenvalue weighted by atomic mass is 16.5. The van der Waals surface area contributed by atoms with Gasteiger partial charge < -0.3 is 9.84 Å². The fraction of sp³-hybridized carbons (Fsp3) is 0.214. The van der Waals surface area contributed by atoms with Crippen molar-refractivity contribution in [2.45, 2.75) is 19.8 Å². The molecule has 1 N–H and O–H groups in total. The number of hydrogen-bond donors (Lipinski definition) is 1. The van der Waals surface area contributed by atoms with Gasteiger partial charge in [-0.15, -0.1) is 10.2 Å². The molecule has 0 unspecified atom stereocenters. The molecule has 0 aliphatic rings. The van der Waals surface area contributed by atoms with E-state index in [9.17, 15) is 4.79 Å². The highest BCUT2D eigenvalue weighted by Crippen LogP contribution is 2.22. The maximum absolute atomic E-state index is 10.6. The molecule has 0 aliphatic heterocycles. The predicted octanol–water partition coefficient (Wildman–Crippen LogP) is 3.09. The van der Waals surface area contributed by atoms with Crippen LogP contribution in [0.2, 0.25) is 0 Å². The molecule has 5 heteroatoms. The molecule has 0 atom stereocenters. The quantitative estimate of drug-likeness (QED) is 0.912. The van der Waals surface area contributed by atoms with Gasteiger partial charge in [0.1, 0.15) is 5.75 Å². The molecule has 0 bridgehead atoms. The van der Waals surface area contributed by atoms with E-state index in [-0.39, 0.29) is 11.6 Å². The molecule has 98 valence electrons. The second-order valence-electron chi connectivity index (χ2n) is 4.39. The van der Waals surface area contributed by atoms with Crippen LogP contribution in [0.3, 0.4) is 0 Å². The van der Waals surface area contributed by atoms with Crippen LogP contribution >= 0.6 is 0 Å². The molecule has 0 saturated carbocycles. The number of aromatic carboxylic acids is 1. The third-order valence-corrected chi connectivity index (χ3v) is 2.63. The van der Waals surface area contributed by atoms with Crippen molar-refractivity contribution in [3.8, 4) is 11.6 Å². The van der Waals surface area contributed by atoms with E-state index < -0.39 is 5.97 Å². The van der Waals surface area contributed by atoms with Crippen LogP contribution in [0.4, 0.5) is 0 Å². The lowest BCUT2D eigenvalue weighted by atomic mass is 10.0. The summed E-state index contributed by atoms with van der Waals surface area (Å²) in [4.78, 5) is 10.6. The van der Waals surface area contributed by atoms with Gasteiger partial charge in [0.05, 0.1) is 0 Å². The van der Waals surface area contributed by atoms with Crippen molar-refractivity contribution < 1.29 is 14.6 Å². The Balaban J connectivity index is 2.10. The minimum absolute atomic E-state index is 0.109. The van der Waals surface area contributed by atoms with Gasteiger partial charge in [-0.3, -0.25) is 0 Å². The summed E-state index contributed by atoms with van der Waals surface area (Å²) in [5.41, 5.74) is 1.11. The van der Waals surface area contributed by atoms with Crippen LogP contribution in [-0.2, 0) is 0 Å². The largest absolute Gasteiger partial charge is 0.476 e. The number of carboxylic acids is 1. The van der Waals surface area contributed by atoms with Gasteiger partial charge in [-0.25, -0.2) is 4.79 Å². The molecule has 5 nitrogen and oxygen atoms in total. The Kier molecular flexibility index (Phi) is 3.75. The molecule has 1 heterocycles. The van der Waals surface area contributed by atoms with Gasteiger partial charge in [0, 0.05) is 6.07 Å². The van der Waals surface area contributed by atoms with Crippen molar-refractivity contribution in [3.05, 3.63) is 47.7 Å². The summed E-state index contributed by atoms with van der Waals surface area (Å²) in [6.45, 7) is 4.23. The van der Waals surface area contributed by atoms with Gasteiger partial charge in [0.25, 0.3) is 0 Å². The standard InChI is InChI=1S/C14H14N2O3/c1-9(2)10-3-5-11(6-4-10)19-13-8-7-12(14(17)18)15-16-13/h3-9H,1-2H3,(H,17,18). The first kappa shape index (κ1) is 13.0. The van der Waals surface area contributed by atoms with E-state index in [0.717, 1.165) is 0 Å².